The second-order valence-corrected chi connectivity index (χ2v) is 7.88. The summed E-state index contributed by atoms with van der Waals surface area (Å²) in [6, 6.07) is 8.20. The van der Waals surface area contributed by atoms with E-state index in [0.717, 1.165) is 17.7 Å². The summed E-state index contributed by atoms with van der Waals surface area (Å²) in [5, 5.41) is 2.94. The third-order valence-corrected chi connectivity index (χ3v) is 5.41. The van der Waals surface area contributed by atoms with Crippen LogP contribution in [0.25, 0.3) is 0 Å². The van der Waals surface area contributed by atoms with Crippen LogP contribution in [0.2, 0.25) is 0 Å². The highest BCUT2D eigenvalue weighted by Gasteiger charge is 2.48. The first-order chi connectivity index (χ1) is 11.4. The van der Waals surface area contributed by atoms with E-state index in [-0.39, 0.29) is 11.8 Å². The normalized spacial score (nSPS) is 20.0. The second-order valence-electron chi connectivity index (χ2n) is 6.89. The van der Waals surface area contributed by atoms with Crippen molar-refractivity contribution in [3.63, 3.8) is 0 Å². The molecule has 1 unspecified atom stereocenters. The minimum absolute atomic E-state index is 0.0288. The van der Waals surface area contributed by atoms with E-state index in [0.29, 0.717) is 25.4 Å². The highest BCUT2D eigenvalue weighted by molar-refractivity contribution is 7.98. The van der Waals surface area contributed by atoms with E-state index in [1.165, 1.54) is 5.56 Å². The summed E-state index contributed by atoms with van der Waals surface area (Å²) in [5.41, 5.74) is 1.59. The first kappa shape index (κ1) is 18.8. The highest BCUT2D eigenvalue weighted by Crippen LogP contribution is 2.31. The van der Waals surface area contributed by atoms with Gasteiger partial charge in [-0.2, -0.15) is 11.8 Å². The Hall–Kier alpha value is -1.49. The number of nitrogens with one attached hydrogen (secondary N) is 1. The third kappa shape index (κ3) is 4.12. The van der Waals surface area contributed by atoms with Crippen molar-refractivity contribution in [1.82, 2.24) is 10.2 Å². The van der Waals surface area contributed by atoms with Crippen molar-refractivity contribution in [3.05, 3.63) is 35.4 Å². The minimum atomic E-state index is -0.687. The molecular formula is C19H28N2O2S. The summed E-state index contributed by atoms with van der Waals surface area (Å²) in [6.45, 7) is 7.48. The van der Waals surface area contributed by atoms with Crippen LogP contribution in [0.3, 0.4) is 0 Å². The van der Waals surface area contributed by atoms with Crippen LogP contribution >= 0.6 is 11.8 Å². The molecule has 24 heavy (non-hydrogen) atoms. The zero-order valence-corrected chi connectivity index (χ0v) is 15.9. The van der Waals surface area contributed by atoms with Gasteiger partial charge >= 0.3 is 0 Å². The Morgan fingerprint density at radius 3 is 2.46 bits per heavy atom. The van der Waals surface area contributed by atoms with Gasteiger partial charge in [-0.05, 0) is 36.6 Å². The molecule has 132 valence electrons. The molecule has 1 saturated heterocycles. The zero-order valence-electron chi connectivity index (χ0n) is 15.1. The summed E-state index contributed by atoms with van der Waals surface area (Å²) in [6.07, 6.45) is 3.10. The summed E-state index contributed by atoms with van der Waals surface area (Å²) in [4.78, 5) is 26.7. The monoisotopic (exact) mass is 348 g/mol. The van der Waals surface area contributed by atoms with Crippen LogP contribution in [0.4, 0.5) is 0 Å². The fraction of sp³-hybridized carbons (Fsp3) is 0.579. The number of rotatable bonds is 7. The first-order valence-corrected chi connectivity index (χ1v) is 9.94. The van der Waals surface area contributed by atoms with E-state index in [4.69, 9.17) is 0 Å². The number of benzene rings is 1. The largest absolute Gasteiger partial charge is 0.353 e. The van der Waals surface area contributed by atoms with Crippen LogP contribution in [-0.2, 0) is 16.0 Å². The van der Waals surface area contributed by atoms with E-state index < -0.39 is 5.54 Å². The standard InChI is InChI=1S/C19H28N2O2S/c1-14(2)16-7-5-15(6-8-16)13-17(22)21-11-9-19(21,3)18(23)20-10-12-24-4/h5-8,14H,9-13H2,1-4H3,(H,20,23). The lowest BCUT2D eigenvalue weighted by Gasteiger charge is -2.49. The number of amides is 2. The average molecular weight is 349 g/mol. The Morgan fingerprint density at radius 1 is 1.29 bits per heavy atom. The molecular weight excluding hydrogens is 320 g/mol. The van der Waals surface area contributed by atoms with Crippen LogP contribution < -0.4 is 5.32 Å². The van der Waals surface area contributed by atoms with Crippen molar-refractivity contribution in [2.75, 3.05) is 25.1 Å². The van der Waals surface area contributed by atoms with Gasteiger partial charge in [-0.25, -0.2) is 0 Å². The molecule has 0 aliphatic carbocycles. The molecule has 5 heteroatoms. The van der Waals surface area contributed by atoms with Crippen molar-refractivity contribution in [2.24, 2.45) is 0 Å². The molecule has 1 fully saturated rings. The third-order valence-electron chi connectivity index (χ3n) is 4.80. The number of hydrogen-bond donors (Lipinski definition) is 1. The highest BCUT2D eigenvalue weighted by atomic mass is 32.2. The summed E-state index contributed by atoms with van der Waals surface area (Å²) in [5.74, 6) is 1.36. The van der Waals surface area contributed by atoms with Crippen LogP contribution in [0.5, 0.6) is 0 Å². The van der Waals surface area contributed by atoms with Gasteiger partial charge in [0.2, 0.25) is 11.8 Å². The summed E-state index contributed by atoms with van der Waals surface area (Å²) >= 11 is 1.70. The Bertz CT molecular complexity index is 586. The van der Waals surface area contributed by atoms with E-state index >= 15 is 0 Å². The maximum atomic E-state index is 12.6. The lowest BCUT2D eigenvalue weighted by atomic mass is 9.85. The van der Waals surface area contributed by atoms with Gasteiger partial charge in [0.15, 0.2) is 0 Å². The van der Waals surface area contributed by atoms with Gasteiger partial charge < -0.3 is 10.2 Å². The number of carbonyl (C=O) groups excluding carboxylic acids is 2. The predicted octanol–water partition coefficient (Wildman–Crippen LogP) is 2.82. The van der Waals surface area contributed by atoms with Crippen LogP contribution in [-0.4, -0.2) is 47.4 Å². The Balaban J connectivity index is 1.95. The zero-order chi connectivity index (χ0) is 17.7. The quantitative estimate of drug-likeness (QED) is 0.771. The molecule has 0 saturated carbocycles. The van der Waals surface area contributed by atoms with Gasteiger partial charge in [0.1, 0.15) is 5.54 Å². The van der Waals surface area contributed by atoms with Crippen molar-refractivity contribution >= 4 is 23.6 Å². The maximum Gasteiger partial charge on any atom is 0.245 e. The maximum absolute atomic E-state index is 12.6. The average Bonchev–Trinajstić information content (AvgIpc) is 2.53. The van der Waals surface area contributed by atoms with Gasteiger partial charge in [-0.15, -0.1) is 0 Å². The van der Waals surface area contributed by atoms with Crippen LogP contribution in [0.15, 0.2) is 24.3 Å². The smallest absolute Gasteiger partial charge is 0.245 e. The molecule has 1 aromatic carbocycles. The summed E-state index contributed by atoms with van der Waals surface area (Å²) in [7, 11) is 0. The van der Waals surface area contributed by atoms with Crippen LogP contribution in [0, 0.1) is 0 Å². The van der Waals surface area contributed by atoms with Gasteiger partial charge in [-0.1, -0.05) is 38.1 Å². The molecule has 1 heterocycles. The topological polar surface area (TPSA) is 49.4 Å². The molecule has 1 aliphatic heterocycles. The molecule has 1 aliphatic rings. The van der Waals surface area contributed by atoms with E-state index in [1.807, 2.05) is 25.3 Å². The number of carbonyl (C=O) groups is 2. The van der Waals surface area contributed by atoms with Crippen LogP contribution in [0.1, 0.15) is 44.2 Å². The SMILES string of the molecule is CSCCNC(=O)C1(C)CCN1C(=O)Cc1ccc(C(C)C)cc1. The molecule has 1 aromatic rings. The van der Waals surface area contributed by atoms with Crippen molar-refractivity contribution in [3.8, 4) is 0 Å². The van der Waals surface area contributed by atoms with Gasteiger partial charge in [0, 0.05) is 18.8 Å². The predicted molar refractivity (Wildman–Crippen MR) is 100 cm³/mol. The fourth-order valence-corrected chi connectivity index (χ4v) is 3.25. The molecule has 0 radical (unpaired) electrons. The number of likely N-dealkylation sites (tertiary alicyclic amines) is 1. The molecule has 2 amide bonds. The van der Waals surface area contributed by atoms with Crippen molar-refractivity contribution in [1.29, 1.82) is 0 Å². The molecule has 1 N–H and O–H groups in total. The lowest BCUT2D eigenvalue weighted by Crippen LogP contribution is -2.67. The molecule has 0 bridgehead atoms. The Kier molecular flexibility index (Phi) is 6.33. The number of thioether (sulfide) groups is 1. The Labute approximate surface area is 149 Å². The second kappa shape index (κ2) is 8.06. The molecule has 4 nitrogen and oxygen atoms in total. The number of hydrogen-bond acceptors (Lipinski definition) is 3. The van der Waals surface area contributed by atoms with E-state index in [1.54, 1.807) is 16.7 Å². The number of nitrogens with zero attached hydrogens (tertiary/aromatic N) is 1. The van der Waals surface area contributed by atoms with Gasteiger partial charge in [-0.3, -0.25) is 9.59 Å². The first-order valence-electron chi connectivity index (χ1n) is 8.55. The Morgan fingerprint density at radius 2 is 1.96 bits per heavy atom. The van der Waals surface area contributed by atoms with Crippen molar-refractivity contribution < 1.29 is 9.59 Å². The molecule has 2 rings (SSSR count). The molecule has 0 spiro atoms. The minimum Gasteiger partial charge on any atom is -0.353 e. The molecule has 0 aromatic heterocycles. The molecule has 1 atom stereocenters. The summed E-state index contributed by atoms with van der Waals surface area (Å²) < 4.78 is 0. The van der Waals surface area contributed by atoms with Gasteiger partial charge in [0.05, 0.1) is 6.42 Å². The van der Waals surface area contributed by atoms with E-state index in [2.05, 4.69) is 31.3 Å². The fourth-order valence-electron chi connectivity index (χ4n) is 2.94. The van der Waals surface area contributed by atoms with E-state index in [9.17, 15) is 9.59 Å². The van der Waals surface area contributed by atoms with Crippen molar-refractivity contribution in [2.45, 2.75) is 45.1 Å². The lowest BCUT2D eigenvalue weighted by molar-refractivity contribution is -0.156. The van der Waals surface area contributed by atoms with Gasteiger partial charge in [0.25, 0.3) is 0 Å².